The van der Waals surface area contributed by atoms with Crippen molar-refractivity contribution in [2.24, 2.45) is 11.3 Å². The third-order valence-corrected chi connectivity index (χ3v) is 7.54. The molecule has 2 aromatic rings. The van der Waals surface area contributed by atoms with Gasteiger partial charge in [0.25, 0.3) is 0 Å². The van der Waals surface area contributed by atoms with Crippen LogP contribution >= 0.6 is 0 Å². The van der Waals surface area contributed by atoms with E-state index in [-0.39, 0.29) is 36.8 Å². The fraction of sp³-hybridized carbons (Fsp3) is 0.370. The minimum Gasteiger partial charge on any atom is -0.480 e. The van der Waals surface area contributed by atoms with E-state index in [1.165, 1.54) is 17.2 Å². The Hall–Kier alpha value is -3.61. The van der Waals surface area contributed by atoms with Crippen molar-refractivity contribution < 1.29 is 24.2 Å². The number of amides is 2. The number of benzene rings is 2. The molecule has 2 aromatic carbocycles. The smallest absolute Gasteiger partial charge is 0.407 e. The molecule has 0 aliphatic heterocycles. The van der Waals surface area contributed by atoms with Crippen LogP contribution in [0.1, 0.15) is 42.7 Å². The molecule has 1 unspecified atom stereocenters. The molecular weight excluding hydrogens is 432 g/mol. The summed E-state index contributed by atoms with van der Waals surface area (Å²) >= 11 is 0. The number of nitrogens with one attached hydrogen (secondary N) is 2. The number of carboxylic acids is 1. The summed E-state index contributed by atoms with van der Waals surface area (Å²) in [7, 11) is 0. The van der Waals surface area contributed by atoms with Crippen molar-refractivity contribution in [3.05, 3.63) is 72.3 Å². The highest BCUT2D eigenvalue weighted by molar-refractivity contribution is 5.90. The van der Waals surface area contributed by atoms with Gasteiger partial charge in [0.2, 0.25) is 5.91 Å². The Morgan fingerprint density at radius 3 is 2.35 bits per heavy atom. The van der Waals surface area contributed by atoms with Gasteiger partial charge in [-0.1, -0.05) is 54.6 Å². The van der Waals surface area contributed by atoms with E-state index in [1.54, 1.807) is 0 Å². The maximum atomic E-state index is 12.8. The Morgan fingerprint density at radius 1 is 1.09 bits per heavy atom. The molecule has 2 fully saturated rings. The third kappa shape index (κ3) is 3.85. The van der Waals surface area contributed by atoms with Crippen molar-refractivity contribution >= 4 is 18.0 Å². The van der Waals surface area contributed by atoms with Crippen LogP contribution in [0.15, 0.2) is 61.2 Å². The predicted molar refractivity (Wildman–Crippen MR) is 126 cm³/mol. The SMILES string of the molecule is C=CCC(NC(=O)[C@]12C[C@H](NC(=O)OCC3c4ccccc4-c4ccccc43)C[C@H]1C2)C(=O)O. The van der Waals surface area contributed by atoms with E-state index < -0.39 is 23.5 Å². The monoisotopic (exact) mass is 460 g/mol. The molecule has 0 saturated heterocycles. The largest absolute Gasteiger partial charge is 0.480 e. The molecule has 3 aliphatic rings. The average Bonchev–Trinajstić information content (AvgIpc) is 3.25. The lowest BCUT2D eigenvalue weighted by Gasteiger charge is -2.20. The molecule has 0 bridgehead atoms. The predicted octanol–water partition coefficient (Wildman–Crippen LogP) is 3.84. The van der Waals surface area contributed by atoms with Gasteiger partial charge in [0.15, 0.2) is 0 Å². The maximum Gasteiger partial charge on any atom is 0.407 e. The molecule has 0 aromatic heterocycles. The van der Waals surface area contributed by atoms with Crippen LogP contribution in [-0.4, -0.2) is 41.8 Å². The van der Waals surface area contributed by atoms with Crippen LogP contribution in [0, 0.1) is 11.3 Å². The van der Waals surface area contributed by atoms with E-state index in [4.69, 9.17) is 4.74 Å². The molecule has 2 saturated carbocycles. The van der Waals surface area contributed by atoms with Gasteiger partial charge in [-0.3, -0.25) is 4.79 Å². The summed E-state index contributed by atoms with van der Waals surface area (Å²) in [5, 5.41) is 14.9. The first kappa shape index (κ1) is 22.2. The number of carbonyl (C=O) groups is 3. The van der Waals surface area contributed by atoms with Gasteiger partial charge in [0.05, 0.1) is 5.41 Å². The number of carboxylic acid groups (broad SMARTS) is 1. The minimum atomic E-state index is -1.08. The molecule has 2 amide bonds. The first-order chi connectivity index (χ1) is 16.4. The fourth-order valence-electron chi connectivity index (χ4n) is 5.78. The molecule has 7 nitrogen and oxygen atoms in total. The first-order valence-corrected chi connectivity index (χ1v) is 11.7. The van der Waals surface area contributed by atoms with E-state index in [0.29, 0.717) is 12.8 Å². The highest BCUT2D eigenvalue weighted by Gasteiger charge is 2.65. The summed E-state index contributed by atoms with van der Waals surface area (Å²) in [5.41, 5.74) is 4.07. The summed E-state index contributed by atoms with van der Waals surface area (Å²) in [6, 6.07) is 15.2. The number of hydrogen-bond acceptors (Lipinski definition) is 4. The maximum absolute atomic E-state index is 12.8. The number of carbonyl (C=O) groups excluding carboxylic acids is 2. The number of hydrogen-bond donors (Lipinski definition) is 3. The highest BCUT2D eigenvalue weighted by atomic mass is 16.5. The molecule has 7 heteroatoms. The average molecular weight is 461 g/mol. The van der Waals surface area contributed by atoms with Crippen molar-refractivity contribution in [2.45, 2.75) is 43.7 Å². The van der Waals surface area contributed by atoms with Crippen LogP contribution in [-0.2, 0) is 14.3 Å². The Morgan fingerprint density at radius 2 is 1.74 bits per heavy atom. The van der Waals surface area contributed by atoms with Gasteiger partial charge in [0, 0.05) is 12.0 Å². The van der Waals surface area contributed by atoms with Crippen LogP contribution in [0.2, 0.25) is 0 Å². The Labute approximate surface area is 198 Å². The van der Waals surface area contributed by atoms with Gasteiger partial charge in [-0.2, -0.15) is 0 Å². The highest BCUT2D eigenvalue weighted by Crippen LogP contribution is 2.63. The second-order valence-electron chi connectivity index (χ2n) is 9.55. The molecule has 0 radical (unpaired) electrons. The van der Waals surface area contributed by atoms with E-state index in [9.17, 15) is 19.5 Å². The molecule has 3 aliphatic carbocycles. The number of ether oxygens (including phenoxy) is 1. The van der Waals surface area contributed by atoms with Gasteiger partial charge >= 0.3 is 12.1 Å². The van der Waals surface area contributed by atoms with E-state index in [1.807, 2.05) is 24.3 Å². The minimum absolute atomic E-state index is 0.00920. The number of rotatable bonds is 8. The molecular formula is C27H28N2O5. The van der Waals surface area contributed by atoms with Crippen LogP contribution in [0.3, 0.4) is 0 Å². The van der Waals surface area contributed by atoms with Crippen LogP contribution in [0.25, 0.3) is 11.1 Å². The van der Waals surface area contributed by atoms with Gasteiger partial charge in [0.1, 0.15) is 12.6 Å². The fourth-order valence-corrected chi connectivity index (χ4v) is 5.78. The topological polar surface area (TPSA) is 105 Å². The summed E-state index contributed by atoms with van der Waals surface area (Å²) in [6.07, 6.45) is 3.08. The van der Waals surface area contributed by atoms with E-state index in [2.05, 4.69) is 41.5 Å². The third-order valence-electron chi connectivity index (χ3n) is 7.54. The summed E-state index contributed by atoms with van der Waals surface area (Å²) in [4.78, 5) is 36.8. The lowest BCUT2D eigenvalue weighted by molar-refractivity contribution is -0.142. The van der Waals surface area contributed by atoms with Crippen molar-refractivity contribution in [3.63, 3.8) is 0 Å². The summed E-state index contributed by atoms with van der Waals surface area (Å²) in [5.74, 6) is -1.17. The molecule has 34 heavy (non-hydrogen) atoms. The summed E-state index contributed by atoms with van der Waals surface area (Å²) < 4.78 is 5.63. The molecule has 5 rings (SSSR count). The van der Waals surface area contributed by atoms with Gasteiger partial charge in [-0.15, -0.1) is 6.58 Å². The Bertz CT molecular complexity index is 1120. The van der Waals surface area contributed by atoms with Gasteiger partial charge in [-0.25, -0.2) is 9.59 Å². The van der Waals surface area contributed by atoms with Crippen molar-refractivity contribution in [1.82, 2.24) is 10.6 Å². The van der Waals surface area contributed by atoms with Crippen molar-refractivity contribution in [3.8, 4) is 11.1 Å². The number of aliphatic carboxylic acids is 1. The number of alkyl carbamates (subject to hydrolysis) is 1. The number of fused-ring (bicyclic) bond motifs is 4. The van der Waals surface area contributed by atoms with Gasteiger partial charge in [-0.05, 0) is 53.9 Å². The van der Waals surface area contributed by atoms with Crippen molar-refractivity contribution in [1.29, 1.82) is 0 Å². The zero-order valence-electron chi connectivity index (χ0n) is 18.8. The lowest BCUT2D eigenvalue weighted by atomic mass is 9.98. The molecule has 4 atom stereocenters. The van der Waals surface area contributed by atoms with Gasteiger partial charge < -0.3 is 20.5 Å². The van der Waals surface area contributed by atoms with E-state index in [0.717, 1.165) is 17.5 Å². The van der Waals surface area contributed by atoms with Crippen LogP contribution < -0.4 is 10.6 Å². The second-order valence-corrected chi connectivity index (χ2v) is 9.55. The Balaban J connectivity index is 1.17. The van der Waals surface area contributed by atoms with Crippen LogP contribution in [0.5, 0.6) is 0 Å². The second kappa shape index (κ2) is 8.63. The zero-order chi connectivity index (χ0) is 23.9. The first-order valence-electron chi connectivity index (χ1n) is 11.7. The van der Waals surface area contributed by atoms with Crippen molar-refractivity contribution in [2.75, 3.05) is 6.61 Å². The normalized spacial score (nSPS) is 24.8. The van der Waals surface area contributed by atoms with Crippen LogP contribution in [0.4, 0.5) is 4.79 Å². The molecule has 176 valence electrons. The lowest BCUT2D eigenvalue weighted by Crippen LogP contribution is -2.45. The molecule has 0 spiro atoms. The standard InChI is InChI=1S/C27H28N2O5/c1-2-7-23(24(30)31)29-25(32)27-13-16(27)12-17(14-27)28-26(33)34-15-22-20-10-5-3-8-18(20)19-9-4-6-11-21(19)22/h2-6,8-11,16-17,22-23H,1,7,12-15H2,(H,28,33)(H,29,32)(H,30,31)/t16-,17+,23?,27+/m0/s1. The molecule has 3 N–H and O–H groups in total. The Kier molecular flexibility index (Phi) is 5.63. The quantitative estimate of drug-likeness (QED) is 0.519. The van der Waals surface area contributed by atoms with E-state index >= 15 is 0 Å². The summed E-state index contributed by atoms with van der Waals surface area (Å²) in [6.45, 7) is 3.79. The molecule has 0 heterocycles. The zero-order valence-corrected chi connectivity index (χ0v) is 18.8.